The predicted octanol–water partition coefficient (Wildman–Crippen LogP) is 4.06. The van der Waals surface area contributed by atoms with E-state index in [1.165, 1.54) is 6.20 Å². The number of hydrogen-bond donors (Lipinski definition) is 1. The van der Waals surface area contributed by atoms with Gasteiger partial charge in [-0.1, -0.05) is 18.2 Å². The van der Waals surface area contributed by atoms with E-state index >= 15 is 0 Å². The number of carbonyl (C=O) groups is 2. The first-order valence-corrected chi connectivity index (χ1v) is 9.35. The molecule has 1 N–H and O–H groups in total. The Morgan fingerprint density at radius 1 is 0.966 bits per heavy atom. The van der Waals surface area contributed by atoms with E-state index in [9.17, 15) is 9.59 Å². The second-order valence-electron chi connectivity index (χ2n) is 6.09. The second-order valence-corrected chi connectivity index (χ2v) is 6.09. The Kier molecular flexibility index (Phi) is 6.52. The Balaban J connectivity index is 1.68. The highest BCUT2D eigenvalue weighted by Crippen LogP contribution is 2.22. The standard InChI is InChI=1S/C22H22N4O3/c1-3-26(18-8-6-5-7-9-18)20-15-23-19(14-24-20)21(27)25-17-12-10-16(11-13-17)22(28)29-4-2/h5-15H,3-4H2,1-2H3,(H,25,27). The van der Waals surface area contributed by atoms with Crippen LogP contribution in [0.15, 0.2) is 67.0 Å². The van der Waals surface area contributed by atoms with Crippen molar-refractivity contribution in [3.05, 3.63) is 78.2 Å². The molecule has 1 heterocycles. The van der Waals surface area contributed by atoms with E-state index in [0.29, 0.717) is 23.7 Å². The van der Waals surface area contributed by atoms with Crippen LogP contribution in [0, 0.1) is 0 Å². The van der Waals surface area contributed by atoms with Crippen LogP contribution < -0.4 is 10.2 Å². The molecule has 7 heteroatoms. The summed E-state index contributed by atoms with van der Waals surface area (Å²) in [5.74, 6) is -0.115. The number of rotatable bonds is 7. The molecule has 1 amide bonds. The SMILES string of the molecule is CCOC(=O)c1ccc(NC(=O)c2cnc(N(CC)c3ccccc3)cn2)cc1. The molecule has 7 nitrogen and oxygen atoms in total. The summed E-state index contributed by atoms with van der Waals surface area (Å²) in [6.07, 6.45) is 3.03. The van der Waals surface area contributed by atoms with Crippen molar-refractivity contribution >= 4 is 29.1 Å². The van der Waals surface area contributed by atoms with Crippen LogP contribution in [-0.4, -0.2) is 35.0 Å². The zero-order valence-electron chi connectivity index (χ0n) is 16.3. The van der Waals surface area contributed by atoms with E-state index in [1.807, 2.05) is 42.2 Å². The zero-order valence-corrected chi connectivity index (χ0v) is 16.3. The molecule has 0 bridgehead atoms. The molecule has 0 unspecified atom stereocenters. The lowest BCUT2D eigenvalue weighted by Gasteiger charge is -2.21. The Bertz CT molecular complexity index is 958. The minimum absolute atomic E-state index is 0.201. The number of carbonyl (C=O) groups excluding carboxylic acids is 2. The summed E-state index contributed by atoms with van der Waals surface area (Å²) in [5, 5.41) is 2.74. The van der Waals surface area contributed by atoms with Gasteiger partial charge in [0.1, 0.15) is 5.69 Å². The first-order valence-electron chi connectivity index (χ1n) is 9.35. The van der Waals surface area contributed by atoms with E-state index in [0.717, 1.165) is 12.2 Å². The smallest absolute Gasteiger partial charge is 0.338 e. The topological polar surface area (TPSA) is 84.4 Å². The summed E-state index contributed by atoms with van der Waals surface area (Å²) >= 11 is 0. The fourth-order valence-electron chi connectivity index (χ4n) is 2.76. The number of esters is 1. The number of para-hydroxylation sites is 1. The third-order valence-electron chi connectivity index (χ3n) is 4.19. The first kappa shape index (κ1) is 20.0. The summed E-state index contributed by atoms with van der Waals surface area (Å²) in [6, 6.07) is 16.3. The minimum atomic E-state index is -0.397. The van der Waals surface area contributed by atoms with Gasteiger partial charge in [-0.2, -0.15) is 0 Å². The molecule has 0 saturated carbocycles. The summed E-state index contributed by atoms with van der Waals surface area (Å²) < 4.78 is 4.94. The lowest BCUT2D eigenvalue weighted by molar-refractivity contribution is 0.0526. The Morgan fingerprint density at radius 2 is 1.69 bits per heavy atom. The van der Waals surface area contributed by atoms with Gasteiger partial charge < -0.3 is 15.0 Å². The monoisotopic (exact) mass is 390 g/mol. The molecule has 0 atom stereocenters. The average molecular weight is 390 g/mol. The van der Waals surface area contributed by atoms with E-state index < -0.39 is 5.97 Å². The van der Waals surface area contributed by atoms with Gasteiger partial charge in [0.05, 0.1) is 24.6 Å². The molecule has 0 aliphatic carbocycles. The summed E-state index contributed by atoms with van der Waals surface area (Å²) in [4.78, 5) is 34.8. The largest absolute Gasteiger partial charge is 0.462 e. The molecule has 0 aliphatic heterocycles. The number of nitrogens with one attached hydrogen (secondary N) is 1. The number of aromatic nitrogens is 2. The average Bonchev–Trinajstić information content (AvgIpc) is 2.76. The summed E-state index contributed by atoms with van der Waals surface area (Å²) in [5.41, 5.74) is 2.18. The van der Waals surface area contributed by atoms with Crippen molar-refractivity contribution in [3.63, 3.8) is 0 Å². The van der Waals surface area contributed by atoms with Crippen molar-refractivity contribution in [1.82, 2.24) is 9.97 Å². The molecule has 148 valence electrons. The maximum atomic E-state index is 12.4. The molecule has 2 aromatic carbocycles. The van der Waals surface area contributed by atoms with Gasteiger partial charge in [0.25, 0.3) is 5.91 Å². The maximum absolute atomic E-state index is 12.4. The molecular formula is C22H22N4O3. The van der Waals surface area contributed by atoms with Crippen molar-refractivity contribution in [3.8, 4) is 0 Å². The highest BCUT2D eigenvalue weighted by Gasteiger charge is 2.13. The number of ether oxygens (including phenoxy) is 1. The van der Waals surface area contributed by atoms with Crippen LogP contribution in [0.3, 0.4) is 0 Å². The van der Waals surface area contributed by atoms with Gasteiger partial charge in [0, 0.05) is 17.9 Å². The first-order chi connectivity index (χ1) is 14.1. The third-order valence-corrected chi connectivity index (χ3v) is 4.19. The van der Waals surface area contributed by atoms with Gasteiger partial charge in [-0.15, -0.1) is 0 Å². The fraction of sp³-hybridized carbons (Fsp3) is 0.182. The van der Waals surface area contributed by atoms with Crippen LogP contribution in [0.5, 0.6) is 0 Å². The van der Waals surface area contributed by atoms with Crippen molar-refractivity contribution < 1.29 is 14.3 Å². The van der Waals surface area contributed by atoms with Crippen molar-refractivity contribution in [1.29, 1.82) is 0 Å². The predicted molar refractivity (Wildman–Crippen MR) is 112 cm³/mol. The Morgan fingerprint density at radius 3 is 2.28 bits per heavy atom. The van der Waals surface area contributed by atoms with Crippen LogP contribution in [-0.2, 0) is 4.74 Å². The van der Waals surface area contributed by atoms with Crippen LogP contribution >= 0.6 is 0 Å². The molecule has 0 fully saturated rings. The van der Waals surface area contributed by atoms with E-state index in [-0.39, 0.29) is 11.6 Å². The molecule has 0 aliphatic rings. The summed E-state index contributed by atoms with van der Waals surface area (Å²) in [6.45, 7) is 4.80. The second kappa shape index (κ2) is 9.45. The molecule has 0 saturated heterocycles. The zero-order chi connectivity index (χ0) is 20.6. The van der Waals surface area contributed by atoms with E-state index in [4.69, 9.17) is 4.74 Å². The van der Waals surface area contributed by atoms with E-state index in [2.05, 4.69) is 15.3 Å². The van der Waals surface area contributed by atoms with Crippen molar-refractivity contribution in [2.75, 3.05) is 23.4 Å². The highest BCUT2D eigenvalue weighted by atomic mass is 16.5. The number of nitrogens with zero attached hydrogens (tertiary/aromatic N) is 3. The van der Waals surface area contributed by atoms with Gasteiger partial charge in [-0.05, 0) is 50.2 Å². The van der Waals surface area contributed by atoms with Crippen molar-refractivity contribution in [2.45, 2.75) is 13.8 Å². The van der Waals surface area contributed by atoms with Crippen LogP contribution in [0.4, 0.5) is 17.2 Å². The van der Waals surface area contributed by atoms with Crippen LogP contribution in [0.2, 0.25) is 0 Å². The van der Waals surface area contributed by atoms with Crippen molar-refractivity contribution in [2.24, 2.45) is 0 Å². The lowest BCUT2D eigenvalue weighted by atomic mass is 10.2. The molecule has 0 spiro atoms. The molecule has 29 heavy (non-hydrogen) atoms. The molecule has 3 aromatic rings. The number of hydrogen-bond acceptors (Lipinski definition) is 6. The quantitative estimate of drug-likeness (QED) is 0.613. The minimum Gasteiger partial charge on any atom is -0.462 e. The number of benzene rings is 2. The third kappa shape index (κ3) is 4.95. The molecule has 0 radical (unpaired) electrons. The fourth-order valence-corrected chi connectivity index (χ4v) is 2.76. The number of anilines is 3. The lowest BCUT2D eigenvalue weighted by Crippen LogP contribution is -2.19. The highest BCUT2D eigenvalue weighted by molar-refractivity contribution is 6.03. The van der Waals surface area contributed by atoms with Gasteiger partial charge in [0.2, 0.25) is 0 Å². The van der Waals surface area contributed by atoms with Gasteiger partial charge >= 0.3 is 5.97 Å². The van der Waals surface area contributed by atoms with Gasteiger partial charge in [-0.25, -0.2) is 14.8 Å². The molecule has 1 aromatic heterocycles. The summed E-state index contributed by atoms with van der Waals surface area (Å²) in [7, 11) is 0. The van der Waals surface area contributed by atoms with Crippen LogP contribution in [0.1, 0.15) is 34.7 Å². The Labute approximate surface area is 169 Å². The van der Waals surface area contributed by atoms with Gasteiger partial charge in [-0.3, -0.25) is 4.79 Å². The molecule has 3 rings (SSSR count). The van der Waals surface area contributed by atoms with E-state index in [1.54, 1.807) is 37.4 Å². The number of amides is 1. The van der Waals surface area contributed by atoms with Gasteiger partial charge in [0.15, 0.2) is 5.82 Å². The maximum Gasteiger partial charge on any atom is 0.338 e. The normalized spacial score (nSPS) is 10.3. The Hall–Kier alpha value is -3.74. The van der Waals surface area contributed by atoms with Crippen LogP contribution in [0.25, 0.3) is 0 Å². The molecular weight excluding hydrogens is 368 g/mol.